The highest BCUT2D eigenvalue weighted by Crippen LogP contribution is 2.24. The summed E-state index contributed by atoms with van der Waals surface area (Å²) in [6, 6.07) is 0. The molecule has 0 spiro atoms. The average molecular weight is 214 g/mol. The molecule has 1 saturated heterocycles. The quantitative estimate of drug-likeness (QED) is 0.650. The lowest BCUT2D eigenvalue weighted by Gasteiger charge is -2.34. The Bertz CT molecular complexity index is 156. The smallest absolute Gasteiger partial charge is 0.0459 e. The van der Waals surface area contributed by atoms with E-state index in [4.69, 9.17) is 10.8 Å². The van der Waals surface area contributed by atoms with Crippen molar-refractivity contribution in [1.29, 1.82) is 0 Å². The fraction of sp³-hybridized carbons (Fsp3) is 1.00. The Morgan fingerprint density at radius 1 is 1.33 bits per heavy atom. The largest absolute Gasteiger partial charge is 0.396 e. The second-order valence-electron chi connectivity index (χ2n) is 4.83. The molecular weight excluding hydrogens is 188 g/mol. The van der Waals surface area contributed by atoms with E-state index in [0.29, 0.717) is 12.5 Å². The van der Waals surface area contributed by atoms with Gasteiger partial charge in [-0.05, 0) is 63.7 Å². The summed E-state index contributed by atoms with van der Waals surface area (Å²) in [7, 11) is 0. The maximum absolute atomic E-state index is 9.10. The Balaban J connectivity index is 2.12. The summed E-state index contributed by atoms with van der Waals surface area (Å²) in [6.45, 7) is 6.95. The number of aliphatic hydroxyl groups is 1. The molecule has 0 bridgehead atoms. The minimum absolute atomic E-state index is 0.345. The third-order valence-electron chi connectivity index (χ3n) is 3.65. The monoisotopic (exact) mass is 214 g/mol. The SMILES string of the molecule is CC(CO)C1CCN(CCCCN)CC1. The zero-order valence-electron chi connectivity index (χ0n) is 9.99. The normalized spacial score (nSPS) is 21.8. The molecule has 0 aromatic carbocycles. The maximum atomic E-state index is 9.10. The summed E-state index contributed by atoms with van der Waals surface area (Å²) in [5.41, 5.74) is 5.48. The fourth-order valence-corrected chi connectivity index (χ4v) is 2.37. The molecule has 3 N–H and O–H groups in total. The minimum atomic E-state index is 0.345. The molecule has 1 aliphatic rings. The highest BCUT2D eigenvalue weighted by Gasteiger charge is 2.22. The van der Waals surface area contributed by atoms with Crippen molar-refractivity contribution in [3.8, 4) is 0 Å². The van der Waals surface area contributed by atoms with Gasteiger partial charge in [-0.2, -0.15) is 0 Å². The molecule has 0 amide bonds. The molecule has 1 unspecified atom stereocenters. The molecule has 0 aliphatic carbocycles. The highest BCUT2D eigenvalue weighted by atomic mass is 16.3. The minimum Gasteiger partial charge on any atom is -0.396 e. The van der Waals surface area contributed by atoms with Gasteiger partial charge in [0.25, 0.3) is 0 Å². The second kappa shape index (κ2) is 7.20. The van der Waals surface area contributed by atoms with Crippen LogP contribution in [0, 0.1) is 11.8 Å². The molecular formula is C12H26N2O. The van der Waals surface area contributed by atoms with Gasteiger partial charge in [0.05, 0.1) is 0 Å². The topological polar surface area (TPSA) is 49.5 Å². The van der Waals surface area contributed by atoms with E-state index in [9.17, 15) is 0 Å². The average Bonchev–Trinajstić information content (AvgIpc) is 2.29. The molecule has 0 saturated carbocycles. The molecule has 0 aromatic rings. The first kappa shape index (κ1) is 12.9. The van der Waals surface area contributed by atoms with Crippen LogP contribution in [0.5, 0.6) is 0 Å². The van der Waals surface area contributed by atoms with Crippen LogP contribution in [-0.4, -0.2) is 42.8 Å². The van der Waals surface area contributed by atoms with Crippen LogP contribution < -0.4 is 5.73 Å². The van der Waals surface area contributed by atoms with E-state index in [2.05, 4.69) is 11.8 Å². The summed E-state index contributed by atoms with van der Waals surface area (Å²) in [5.74, 6) is 1.22. The van der Waals surface area contributed by atoms with Gasteiger partial charge in [-0.15, -0.1) is 0 Å². The molecule has 3 nitrogen and oxygen atoms in total. The van der Waals surface area contributed by atoms with Gasteiger partial charge in [-0.3, -0.25) is 0 Å². The molecule has 3 heteroatoms. The van der Waals surface area contributed by atoms with Gasteiger partial charge in [0.15, 0.2) is 0 Å². The van der Waals surface area contributed by atoms with E-state index in [1.807, 2.05) is 0 Å². The number of rotatable bonds is 6. The summed E-state index contributed by atoms with van der Waals surface area (Å²) in [4.78, 5) is 2.54. The zero-order chi connectivity index (χ0) is 11.1. The van der Waals surface area contributed by atoms with Gasteiger partial charge in [-0.1, -0.05) is 6.92 Å². The van der Waals surface area contributed by atoms with Crippen molar-refractivity contribution in [3.05, 3.63) is 0 Å². The Kier molecular flexibility index (Phi) is 6.22. The van der Waals surface area contributed by atoms with Crippen molar-refractivity contribution < 1.29 is 5.11 Å². The summed E-state index contributed by atoms with van der Waals surface area (Å²) < 4.78 is 0. The first-order valence-corrected chi connectivity index (χ1v) is 6.31. The van der Waals surface area contributed by atoms with Crippen LogP contribution in [0.25, 0.3) is 0 Å². The van der Waals surface area contributed by atoms with Crippen LogP contribution in [0.4, 0.5) is 0 Å². The van der Waals surface area contributed by atoms with Crippen molar-refractivity contribution in [3.63, 3.8) is 0 Å². The van der Waals surface area contributed by atoms with E-state index < -0.39 is 0 Å². The Morgan fingerprint density at radius 3 is 2.53 bits per heavy atom. The molecule has 0 aromatic heterocycles. The lowest BCUT2D eigenvalue weighted by Crippen LogP contribution is -2.36. The molecule has 1 rings (SSSR count). The first-order chi connectivity index (χ1) is 7.27. The molecule has 1 fully saturated rings. The number of piperidine rings is 1. The van der Waals surface area contributed by atoms with E-state index in [0.717, 1.165) is 18.9 Å². The molecule has 1 aliphatic heterocycles. The molecule has 1 heterocycles. The van der Waals surface area contributed by atoms with E-state index in [1.54, 1.807) is 0 Å². The predicted molar refractivity (Wildman–Crippen MR) is 63.7 cm³/mol. The molecule has 90 valence electrons. The molecule has 1 atom stereocenters. The van der Waals surface area contributed by atoms with Gasteiger partial charge in [0, 0.05) is 6.61 Å². The van der Waals surface area contributed by atoms with E-state index in [-0.39, 0.29) is 0 Å². The van der Waals surface area contributed by atoms with Crippen molar-refractivity contribution in [2.45, 2.75) is 32.6 Å². The number of unbranched alkanes of at least 4 members (excludes halogenated alkanes) is 1. The van der Waals surface area contributed by atoms with E-state index in [1.165, 1.54) is 38.9 Å². The molecule has 15 heavy (non-hydrogen) atoms. The summed E-state index contributed by atoms with van der Waals surface area (Å²) in [6.07, 6.45) is 4.89. The fourth-order valence-electron chi connectivity index (χ4n) is 2.37. The molecule has 0 radical (unpaired) electrons. The lowest BCUT2D eigenvalue weighted by atomic mass is 9.86. The zero-order valence-corrected chi connectivity index (χ0v) is 9.99. The van der Waals surface area contributed by atoms with Crippen molar-refractivity contribution in [1.82, 2.24) is 4.90 Å². The van der Waals surface area contributed by atoms with Gasteiger partial charge >= 0.3 is 0 Å². The standard InChI is InChI=1S/C12H26N2O/c1-11(10-15)12-4-8-14(9-5-12)7-3-2-6-13/h11-12,15H,2-10,13H2,1H3. The number of hydrogen-bond acceptors (Lipinski definition) is 3. The number of nitrogens with zero attached hydrogens (tertiary/aromatic N) is 1. The van der Waals surface area contributed by atoms with Gasteiger partial charge < -0.3 is 15.7 Å². The van der Waals surface area contributed by atoms with Crippen LogP contribution in [-0.2, 0) is 0 Å². The van der Waals surface area contributed by atoms with Crippen LogP contribution in [0.2, 0.25) is 0 Å². The van der Waals surface area contributed by atoms with Crippen LogP contribution in [0.3, 0.4) is 0 Å². The lowest BCUT2D eigenvalue weighted by molar-refractivity contribution is 0.115. The summed E-state index contributed by atoms with van der Waals surface area (Å²) >= 11 is 0. The first-order valence-electron chi connectivity index (χ1n) is 6.31. The van der Waals surface area contributed by atoms with Gasteiger partial charge in [0.1, 0.15) is 0 Å². The number of aliphatic hydroxyl groups excluding tert-OH is 1. The third-order valence-corrected chi connectivity index (χ3v) is 3.65. The van der Waals surface area contributed by atoms with Crippen LogP contribution in [0.15, 0.2) is 0 Å². The van der Waals surface area contributed by atoms with Crippen LogP contribution in [0.1, 0.15) is 32.6 Å². The van der Waals surface area contributed by atoms with Crippen molar-refractivity contribution >= 4 is 0 Å². The number of likely N-dealkylation sites (tertiary alicyclic amines) is 1. The van der Waals surface area contributed by atoms with Crippen molar-refractivity contribution in [2.75, 3.05) is 32.8 Å². The Morgan fingerprint density at radius 2 is 2.00 bits per heavy atom. The maximum Gasteiger partial charge on any atom is 0.0459 e. The second-order valence-corrected chi connectivity index (χ2v) is 4.83. The van der Waals surface area contributed by atoms with Crippen molar-refractivity contribution in [2.24, 2.45) is 17.6 Å². The Labute approximate surface area is 93.6 Å². The predicted octanol–water partition coefficient (Wildman–Crippen LogP) is 1.07. The number of nitrogens with two attached hydrogens (primary N) is 1. The number of hydrogen-bond donors (Lipinski definition) is 2. The van der Waals surface area contributed by atoms with Gasteiger partial charge in [-0.25, -0.2) is 0 Å². The Hall–Kier alpha value is -0.120. The van der Waals surface area contributed by atoms with E-state index >= 15 is 0 Å². The highest BCUT2D eigenvalue weighted by molar-refractivity contribution is 4.75. The third kappa shape index (κ3) is 4.49. The van der Waals surface area contributed by atoms with Gasteiger partial charge in [0.2, 0.25) is 0 Å². The van der Waals surface area contributed by atoms with Crippen LogP contribution >= 0.6 is 0 Å². The summed E-state index contributed by atoms with van der Waals surface area (Å²) in [5, 5.41) is 9.10.